The molecule has 3 aromatic carbocycles. The molecule has 0 saturated heterocycles. The zero-order valence-corrected chi connectivity index (χ0v) is 21.2. The molecule has 0 heterocycles. The van der Waals surface area contributed by atoms with Gasteiger partial charge in [0.05, 0.1) is 26.2 Å². The topological polar surface area (TPSA) is 96.3 Å². The van der Waals surface area contributed by atoms with E-state index in [4.69, 9.17) is 21.1 Å². The molecule has 1 aliphatic rings. The summed E-state index contributed by atoms with van der Waals surface area (Å²) >= 11 is 6.09. The van der Waals surface area contributed by atoms with Crippen LogP contribution in [0, 0.1) is 5.92 Å². The Labute approximate surface area is 220 Å². The summed E-state index contributed by atoms with van der Waals surface area (Å²) in [6.07, 6.45) is 2.97. The molecule has 3 aromatic rings. The van der Waals surface area contributed by atoms with Crippen LogP contribution in [-0.4, -0.2) is 47.5 Å². The van der Waals surface area contributed by atoms with Crippen LogP contribution in [0.3, 0.4) is 0 Å². The van der Waals surface area contributed by atoms with Crippen molar-refractivity contribution in [2.24, 2.45) is 5.92 Å². The predicted octanol–water partition coefficient (Wildman–Crippen LogP) is 5.55. The molecule has 1 aliphatic carbocycles. The van der Waals surface area contributed by atoms with Crippen LogP contribution in [0.25, 0.3) is 6.08 Å². The van der Waals surface area contributed by atoms with Crippen LogP contribution in [0.2, 0.25) is 5.02 Å². The number of carbonyl (C=O) groups excluding carboxylic acids is 2. The van der Waals surface area contributed by atoms with Gasteiger partial charge in [-0.1, -0.05) is 59.3 Å². The lowest BCUT2D eigenvalue weighted by Gasteiger charge is -2.43. The number of Topliss-reactive ketones (excluding diaryl/α,β-unsaturated/α-hetero) is 1. The van der Waals surface area contributed by atoms with Gasteiger partial charge in [-0.3, -0.25) is 20.0 Å². The summed E-state index contributed by atoms with van der Waals surface area (Å²) in [5, 5.41) is 21.5. The molecule has 0 bridgehead atoms. The molecule has 4 atom stereocenters. The van der Waals surface area contributed by atoms with Gasteiger partial charge in [0.1, 0.15) is 17.3 Å². The molecular weight excluding hydrogens is 494 g/mol. The number of hydroxylamine groups is 2. The number of benzene rings is 3. The van der Waals surface area contributed by atoms with Crippen LogP contribution in [-0.2, 0) is 9.59 Å². The minimum Gasteiger partial charge on any atom is -0.497 e. The number of ether oxygens (including phenoxy) is 2. The first-order valence-corrected chi connectivity index (χ1v) is 12.1. The maximum atomic E-state index is 13.6. The molecule has 2 unspecified atom stereocenters. The van der Waals surface area contributed by atoms with Gasteiger partial charge in [-0.2, -0.15) is 0 Å². The third-order valence-electron chi connectivity index (χ3n) is 6.84. The predicted molar refractivity (Wildman–Crippen MR) is 139 cm³/mol. The van der Waals surface area contributed by atoms with Crippen molar-refractivity contribution in [2.45, 2.75) is 24.3 Å². The van der Waals surface area contributed by atoms with E-state index in [0.29, 0.717) is 22.1 Å². The van der Waals surface area contributed by atoms with Crippen molar-refractivity contribution in [3.05, 3.63) is 101 Å². The van der Waals surface area contributed by atoms with Crippen LogP contribution >= 0.6 is 11.6 Å². The van der Waals surface area contributed by atoms with Gasteiger partial charge in [0.2, 0.25) is 0 Å². The molecule has 1 fully saturated rings. The second-order valence-corrected chi connectivity index (χ2v) is 9.36. The Morgan fingerprint density at radius 2 is 1.43 bits per heavy atom. The summed E-state index contributed by atoms with van der Waals surface area (Å²) in [7, 11) is 3.12. The fraction of sp³-hybridized carbons (Fsp3) is 0.241. The first kappa shape index (κ1) is 26.6. The van der Waals surface area contributed by atoms with E-state index >= 15 is 0 Å². The fourth-order valence-electron chi connectivity index (χ4n) is 4.99. The minimum atomic E-state index is -1.11. The van der Waals surface area contributed by atoms with Gasteiger partial charge in [0.25, 0.3) is 0 Å². The lowest BCUT2D eigenvalue weighted by Crippen LogP contribution is -2.51. The van der Waals surface area contributed by atoms with Crippen LogP contribution in [0.1, 0.15) is 34.9 Å². The number of ketones is 2. The molecule has 0 aromatic heterocycles. The molecule has 1 saturated carbocycles. The van der Waals surface area contributed by atoms with Crippen LogP contribution in [0.5, 0.6) is 11.5 Å². The number of halogens is 1. The molecule has 37 heavy (non-hydrogen) atoms. The van der Waals surface area contributed by atoms with E-state index in [9.17, 15) is 20.0 Å². The third kappa shape index (κ3) is 5.92. The lowest BCUT2D eigenvalue weighted by molar-refractivity contribution is -0.341. The highest BCUT2D eigenvalue weighted by Gasteiger charge is 2.50. The summed E-state index contributed by atoms with van der Waals surface area (Å²) in [5.74, 6) is -1.90. The van der Waals surface area contributed by atoms with Gasteiger partial charge in [0.15, 0.2) is 5.78 Å². The van der Waals surface area contributed by atoms with Gasteiger partial charge in [-0.15, -0.1) is 0 Å². The highest BCUT2D eigenvalue weighted by atomic mass is 35.5. The number of hydrogen-bond acceptors (Lipinski definition) is 7. The van der Waals surface area contributed by atoms with Crippen LogP contribution < -0.4 is 9.47 Å². The largest absolute Gasteiger partial charge is 0.497 e. The zero-order valence-electron chi connectivity index (χ0n) is 20.5. The molecule has 192 valence electrons. The van der Waals surface area contributed by atoms with Crippen LogP contribution in [0.4, 0.5) is 0 Å². The number of hydrogen-bond donors (Lipinski definition) is 2. The third-order valence-corrected chi connectivity index (χ3v) is 7.09. The Kier molecular flexibility index (Phi) is 8.41. The molecule has 0 radical (unpaired) electrons. The quantitative estimate of drug-likeness (QED) is 0.228. The molecule has 8 heteroatoms. The molecule has 0 amide bonds. The number of rotatable bonds is 8. The SMILES string of the molecule is COc1ccc(/C=C/C(=O)C2C(=O)C[C@H](c3ccc(OC)cc3)[C@H](N(O)O)C2c2ccc(Cl)cc2)cc1. The minimum absolute atomic E-state index is 0.0362. The molecule has 0 aliphatic heterocycles. The zero-order chi connectivity index (χ0) is 26.5. The van der Waals surface area contributed by atoms with Gasteiger partial charge in [-0.25, -0.2) is 0 Å². The Hall–Kier alpha value is -3.49. The second-order valence-electron chi connectivity index (χ2n) is 8.92. The van der Waals surface area contributed by atoms with Gasteiger partial charge < -0.3 is 9.47 Å². The first-order valence-electron chi connectivity index (χ1n) is 11.8. The summed E-state index contributed by atoms with van der Waals surface area (Å²) in [6.45, 7) is 0. The molecule has 7 nitrogen and oxygen atoms in total. The monoisotopic (exact) mass is 521 g/mol. The standard InChI is InChI=1S/C29H28ClNO6/c1-36-22-12-3-18(4-13-22)5-16-25(32)28-26(33)17-24(19-8-14-23(37-2)15-9-19)29(31(34)35)27(28)20-6-10-21(30)11-7-20/h3-16,24,27-29,34-35H,17H2,1-2H3/b16-5+/t24-,27?,28?,29+/m1/s1. The second kappa shape index (κ2) is 11.7. The summed E-state index contributed by atoms with van der Waals surface area (Å²) in [4.78, 5) is 27.0. The van der Waals surface area contributed by atoms with Crippen molar-refractivity contribution in [2.75, 3.05) is 14.2 Å². The average molecular weight is 522 g/mol. The molecule has 0 spiro atoms. The highest BCUT2D eigenvalue weighted by molar-refractivity contribution is 6.30. The highest BCUT2D eigenvalue weighted by Crippen LogP contribution is 2.46. The summed E-state index contributed by atoms with van der Waals surface area (Å²) < 4.78 is 10.4. The first-order chi connectivity index (χ1) is 17.8. The van der Waals surface area contributed by atoms with Crippen molar-refractivity contribution >= 4 is 29.2 Å². The number of methoxy groups -OCH3 is 2. The van der Waals surface area contributed by atoms with E-state index in [2.05, 4.69) is 0 Å². The van der Waals surface area contributed by atoms with E-state index in [0.717, 1.165) is 11.1 Å². The number of nitrogens with zero attached hydrogens (tertiary/aromatic N) is 1. The number of allylic oxidation sites excluding steroid dienone is 1. The normalized spacial score (nSPS) is 21.8. The number of carbonyl (C=O) groups is 2. The smallest absolute Gasteiger partial charge is 0.166 e. The Morgan fingerprint density at radius 3 is 1.97 bits per heavy atom. The van der Waals surface area contributed by atoms with Crippen molar-refractivity contribution in [3.63, 3.8) is 0 Å². The molecule has 2 N–H and O–H groups in total. The summed E-state index contributed by atoms with van der Waals surface area (Å²) in [5.41, 5.74) is 2.09. The molecular formula is C29H28ClNO6. The van der Waals surface area contributed by atoms with E-state index in [1.54, 1.807) is 93.1 Å². The Bertz CT molecular complexity index is 1260. The van der Waals surface area contributed by atoms with Crippen molar-refractivity contribution in [1.29, 1.82) is 0 Å². The van der Waals surface area contributed by atoms with E-state index < -0.39 is 29.6 Å². The molecule has 4 rings (SSSR count). The summed E-state index contributed by atoms with van der Waals surface area (Å²) in [6, 6.07) is 20.0. The van der Waals surface area contributed by atoms with E-state index in [-0.39, 0.29) is 17.4 Å². The van der Waals surface area contributed by atoms with Crippen molar-refractivity contribution in [1.82, 2.24) is 5.23 Å². The Balaban J connectivity index is 1.73. The lowest BCUT2D eigenvalue weighted by atomic mass is 9.64. The van der Waals surface area contributed by atoms with E-state index in [1.807, 2.05) is 0 Å². The average Bonchev–Trinajstić information content (AvgIpc) is 2.91. The Morgan fingerprint density at radius 1 is 0.892 bits per heavy atom. The van der Waals surface area contributed by atoms with Gasteiger partial charge in [0, 0.05) is 23.3 Å². The van der Waals surface area contributed by atoms with Gasteiger partial charge in [-0.05, 0) is 59.2 Å². The van der Waals surface area contributed by atoms with Crippen molar-refractivity contribution < 1.29 is 29.5 Å². The van der Waals surface area contributed by atoms with Crippen molar-refractivity contribution in [3.8, 4) is 11.5 Å². The fourth-order valence-corrected chi connectivity index (χ4v) is 5.12. The van der Waals surface area contributed by atoms with Gasteiger partial charge >= 0.3 is 0 Å². The van der Waals surface area contributed by atoms with E-state index in [1.165, 1.54) is 6.08 Å². The van der Waals surface area contributed by atoms with Crippen LogP contribution in [0.15, 0.2) is 78.9 Å². The maximum Gasteiger partial charge on any atom is 0.166 e. The maximum absolute atomic E-state index is 13.6.